The zero-order valence-electron chi connectivity index (χ0n) is 13.6. The van der Waals surface area contributed by atoms with Gasteiger partial charge in [-0.15, -0.1) is 0 Å². The summed E-state index contributed by atoms with van der Waals surface area (Å²) in [6.45, 7) is 0. The number of nitrogens with one attached hydrogen (secondary N) is 1. The van der Waals surface area contributed by atoms with Crippen LogP contribution >= 0.6 is 11.6 Å². The lowest BCUT2D eigenvalue weighted by Gasteiger charge is -2.12. The molecule has 3 rings (SSSR count). The molecule has 0 spiro atoms. The fourth-order valence-corrected chi connectivity index (χ4v) is 3.85. The van der Waals surface area contributed by atoms with Gasteiger partial charge < -0.3 is 4.74 Å². The molecule has 130 valence electrons. The van der Waals surface area contributed by atoms with E-state index < -0.39 is 10.0 Å². The molecule has 0 saturated heterocycles. The maximum absolute atomic E-state index is 12.9. The molecule has 8 heteroatoms. The Hall–Kier alpha value is -2.51. The molecule has 0 aliphatic rings. The van der Waals surface area contributed by atoms with Crippen molar-refractivity contribution in [2.24, 2.45) is 7.05 Å². The Bertz CT molecular complexity index is 1000. The molecule has 1 N–H and O–H groups in total. The standard InChI is InChI=1S/C17H16ClN3O3S/c1-21-11-16(17(19-21)12-6-4-3-5-7-12)25(22,23)20-14-10-13(18)8-9-15(14)24-2/h3-11,20H,1-2H3. The van der Waals surface area contributed by atoms with Crippen molar-refractivity contribution in [3.05, 3.63) is 59.8 Å². The molecular formula is C17H16ClN3O3S. The Kier molecular flexibility index (Phi) is 4.69. The Morgan fingerprint density at radius 1 is 1.16 bits per heavy atom. The van der Waals surface area contributed by atoms with Gasteiger partial charge in [0.1, 0.15) is 16.3 Å². The van der Waals surface area contributed by atoms with Crippen molar-refractivity contribution in [1.29, 1.82) is 0 Å². The summed E-state index contributed by atoms with van der Waals surface area (Å²) >= 11 is 5.97. The molecule has 0 aliphatic heterocycles. The molecule has 6 nitrogen and oxygen atoms in total. The highest BCUT2D eigenvalue weighted by Gasteiger charge is 2.24. The normalized spacial score (nSPS) is 11.3. The first-order valence-electron chi connectivity index (χ1n) is 7.36. The molecule has 0 aliphatic carbocycles. The summed E-state index contributed by atoms with van der Waals surface area (Å²) in [6, 6.07) is 13.8. The van der Waals surface area contributed by atoms with E-state index in [1.54, 1.807) is 31.3 Å². The molecule has 2 aromatic carbocycles. The number of ether oxygens (including phenoxy) is 1. The molecule has 1 aromatic heterocycles. The molecule has 0 fully saturated rings. The Morgan fingerprint density at radius 3 is 2.56 bits per heavy atom. The van der Waals surface area contributed by atoms with Crippen molar-refractivity contribution in [3.63, 3.8) is 0 Å². The molecule has 1 heterocycles. The van der Waals surface area contributed by atoms with Gasteiger partial charge in [-0.1, -0.05) is 41.9 Å². The van der Waals surface area contributed by atoms with Crippen LogP contribution in [0.25, 0.3) is 11.3 Å². The van der Waals surface area contributed by atoms with E-state index in [4.69, 9.17) is 16.3 Å². The minimum absolute atomic E-state index is 0.0724. The number of anilines is 1. The van der Waals surface area contributed by atoms with E-state index in [1.807, 2.05) is 18.2 Å². The third-order valence-corrected chi connectivity index (χ3v) is 5.14. The SMILES string of the molecule is COc1ccc(Cl)cc1NS(=O)(=O)c1cn(C)nc1-c1ccccc1. The second kappa shape index (κ2) is 6.78. The molecular weight excluding hydrogens is 362 g/mol. The zero-order chi connectivity index (χ0) is 18.0. The van der Waals surface area contributed by atoms with Gasteiger partial charge in [0.05, 0.1) is 12.8 Å². The van der Waals surface area contributed by atoms with Crippen LogP contribution in [-0.2, 0) is 17.1 Å². The van der Waals surface area contributed by atoms with Crippen LogP contribution in [0.15, 0.2) is 59.6 Å². The minimum atomic E-state index is -3.89. The summed E-state index contributed by atoms with van der Waals surface area (Å²) in [5, 5.41) is 4.69. The van der Waals surface area contributed by atoms with Crippen molar-refractivity contribution >= 4 is 27.3 Å². The van der Waals surface area contributed by atoms with Gasteiger partial charge in [0.2, 0.25) is 0 Å². The second-order valence-electron chi connectivity index (χ2n) is 5.33. The third kappa shape index (κ3) is 3.62. The first-order chi connectivity index (χ1) is 11.9. The number of aryl methyl sites for hydroxylation is 1. The first kappa shape index (κ1) is 17.3. The molecule has 0 atom stereocenters. The highest BCUT2D eigenvalue weighted by Crippen LogP contribution is 2.32. The van der Waals surface area contributed by atoms with Crippen molar-refractivity contribution in [3.8, 4) is 17.0 Å². The van der Waals surface area contributed by atoms with Crippen LogP contribution in [-0.4, -0.2) is 25.3 Å². The lowest BCUT2D eigenvalue weighted by atomic mass is 10.2. The van der Waals surface area contributed by atoms with Gasteiger partial charge in [-0.3, -0.25) is 9.40 Å². The quantitative estimate of drug-likeness (QED) is 0.738. The summed E-state index contributed by atoms with van der Waals surface area (Å²) in [5.74, 6) is 0.373. The number of methoxy groups -OCH3 is 1. The van der Waals surface area contributed by atoms with Crippen LogP contribution in [0.1, 0.15) is 0 Å². The van der Waals surface area contributed by atoms with Crippen LogP contribution in [0, 0.1) is 0 Å². The molecule has 0 saturated carbocycles. The average Bonchev–Trinajstić information content (AvgIpc) is 2.98. The van der Waals surface area contributed by atoms with E-state index in [9.17, 15) is 8.42 Å². The van der Waals surface area contributed by atoms with Gasteiger partial charge in [-0.25, -0.2) is 8.42 Å². The second-order valence-corrected chi connectivity index (χ2v) is 7.42. The third-order valence-electron chi connectivity index (χ3n) is 3.54. The van der Waals surface area contributed by atoms with Gasteiger partial charge in [0.15, 0.2) is 0 Å². The van der Waals surface area contributed by atoms with Gasteiger partial charge in [0, 0.05) is 23.8 Å². The lowest BCUT2D eigenvalue weighted by molar-refractivity contribution is 0.417. The van der Waals surface area contributed by atoms with E-state index in [-0.39, 0.29) is 10.6 Å². The number of hydrogen-bond acceptors (Lipinski definition) is 4. The van der Waals surface area contributed by atoms with E-state index in [0.29, 0.717) is 22.0 Å². The number of rotatable bonds is 5. The number of sulfonamides is 1. The van der Waals surface area contributed by atoms with Crippen LogP contribution in [0.4, 0.5) is 5.69 Å². The number of aromatic nitrogens is 2. The highest BCUT2D eigenvalue weighted by atomic mass is 35.5. The molecule has 0 unspecified atom stereocenters. The molecule has 3 aromatic rings. The fraction of sp³-hybridized carbons (Fsp3) is 0.118. The Labute approximate surface area is 151 Å². The van der Waals surface area contributed by atoms with Gasteiger partial charge in [0.25, 0.3) is 10.0 Å². The Balaban J connectivity index is 2.06. The number of benzene rings is 2. The van der Waals surface area contributed by atoms with Crippen LogP contribution < -0.4 is 9.46 Å². The largest absolute Gasteiger partial charge is 0.495 e. The van der Waals surface area contributed by atoms with Crippen LogP contribution in [0.2, 0.25) is 5.02 Å². The van der Waals surface area contributed by atoms with Gasteiger partial charge in [-0.2, -0.15) is 5.10 Å². The number of halogens is 1. The monoisotopic (exact) mass is 377 g/mol. The number of hydrogen-bond donors (Lipinski definition) is 1. The van der Waals surface area contributed by atoms with Crippen molar-refractivity contribution in [2.75, 3.05) is 11.8 Å². The summed E-state index contributed by atoms with van der Waals surface area (Å²) in [6.07, 6.45) is 1.46. The van der Waals surface area contributed by atoms with Crippen LogP contribution in [0.3, 0.4) is 0 Å². The predicted octanol–water partition coefficient (Wildman–Crippen LogP) is 3.55. The molecule has 25 heavy (non-hydrogen) atoms. The van der Waals surface area contributed by atoms with E-state index in [1.165, 1.54) is 24.1 Å². The summed E-state index contributed by atoms with van der Waals surface area (Å²) in [5.41, 5.74) is 1.34. The fourth-order valence-electron chi connectivity index (χ4n) is 2.42. The predicted molar refractivity (Wildman–Crippen MR) is 97.5 cm³/mol. The molecule has 0 amide bonds. The zero-order valence-corrected chi connectivity index (χ0v) is 15.2. The van der Waals surface area contributed by atoms with Crippen molar-refractivity contribution in [1.82, 2.24) is 9.78 Å². The maximum Gasteiger partial charge on any atom is 0.265 e. The van der Waals surface area contributed by atoms with E-state index in [0.717, 1.165) is 0 Å². The van der Waals surface area contributed by atoms with Crippen molar-refractivity contribution < 1.29 is 13.2 Å². The minimum Gasteiger partial charge on any atom is -0.495 e. The average molecular weight is 378 g/mol. The Morgan fingerprint density at radius 2 is 1.88 bits per heavy atom. The van der Waals surface area contributed by atoms with Gasteiger partial charge >= 0.3 is 0 Å². The first-order valence-corrected chi connectivity index (χ1v) is 9.22. The highest BCUT2D eigenvalue weighted by molar-refractivity contribution is 7.92. The van der Waals surface area contributed by atoms with Crippen molar-refractivity contribution in [2.45, 2.75) is 4.90 Å². The number of nitrogens with zero attached hydrogens (tertiary/aromatic N) is 2. The maximum atomic E-state index is 12.9. The summed E-state index contributed by atoms with van der Waals surface area (Å²) < 4.78 is 35.0. The molecule has 0 radical (unpaired) electrons. The van der Waals surface area contributed by atoms with E-state index in [2.05, 4.69) is 9.82 Å². The summed E-state index contributed by atoms with van der Waals surface area (Å²) in [4.78, 5) is 0.0724. The van der Waals surface area contributed by atoms with Gasteiger partial charge in [-0.05, 0) is 18.2 Å². The molecule has 0 bridgehead atoms. The topological polar surface area (TPSA) is 73.2 Å². The van der Waals surface area contributed by atoms with Crippen LogP contribution in [0.5, 0.6) is 5.75 Å². The lowest BCUT2D eigenvalue weighted by Crippen LogP contribution is -2.14. The van der Waals surface area contributed by atoms with E-state index >= 15 is 0 Å². The smallest absolute Gasteiger partial charge is 0.265 e. The summed E-state index contributed by atoms with van der Waals surface area (Å²) in [7, 11) is -0.762.